The van der Waals surface area contributed by atoms with E-state index in [1.54, 1.807) is 0 Å². The molecule has 20 heavy (non-hydrogen) atoms. The van der Waals surface area contributed by atoms with Crippen LogP contribution < -0.4 is 10.5 Å². The Morgan fingerprint density at radius 1 is 1.30 bits per heavy atom. The monoisotopic (exact) mass is 287 g/mol. The normalized spacial score (nSPS) is 10.7. The number of nitrogen functional groups attached to an aromatic ring is 1. The first-order valence-corrected chi connectivity index (χ1v) is 7.00. The molecule has 5 nitrogen and oxygen atoms in total. The maximum atomic E-state index is 5.70. The molecule has 0 atom stereocenters. The van der Waals surface area contributed by atoms with Crippen molar-refractivity contribution in [2.24, 2.45) is 0 Å². The molecule has 0 bridgehead atoms. The van der Waals surface area contributed by atoms with E-state index in [1.807, 2.05) is 43.3 Å². The van der Waals surface area contributed by atoms with Gasteiger partial charge in [0.25, 0.3) is 5.89 Å². The third-order valence-electron chi connectivity index (χ3n) is 2.67. The fourth-order valence-electron chi connectivity index (χ4n) is 1.80. The molecular formula is C14H13N3O2S. The van der Waals surface area contributed by atoms with Crippen LogP contribution in [0.2, 0.25) is 0 Å². The fourth-order valence-corrected chi connectivity index (χ4v) is 2.50. The number of anilines is 1. The molecule has 1 aromatic carbocycles. The molecule has 0 radical (unpaired) electrons. The Bertz CT molecular complexity index is 721. The highest BCUT2D eigenvalue weighted by Gasteiger charge is 2.12. The highest BCUT2D eigenvalue weighted by atomic mass is 32.1. The lowest BCUT2D eigenvalue weighted by Crippen LogP contribution is -1.91. The first-order valence-electron chi connectivity index (χ1n) is 6.19. The lowest BCUT2D eigenvalue weighted by Gasteiger charge is -2.02. The number of aromatic nitrogens is 2. The second-order valence-electron chi connectivity index (χ2n) is 4.09. The third kappa shape index (κ3) is 2.50. The first-order chi connectivity index (χ1) is 9.76. The molecule has 3 aromatic rings. The van der Waals surface area contributed by atoms with Crippen molar-refractivity contribution in [3.63, 3.8) is 0 Å². The van der Waals surface area contributed by atoms with E-state index in [4.69, 9.17) is 15.0 Å². The molecule has 102 valence electrons. The molecular weight excluding hydrogens is 274 g/mol. The van der Waals surface area contributed by atoms with Gasteiger partial charge in [-0.1, -0.05) is 17.3 Å². The lowest BCUT2D eigenvalue weighted by atomic mass is 10.2. The van der Waals surface area contributed by atoms with E-state index in [1.165, 1.54) is 11.3 Å². The van der Waals surface area contributed by atoms with Gasteiger partial charge in [-0.3, -0.25) is 0 Å². The van der Waals surface area contributed by atoms with Crippen LogP contribution in [-0.2, 0) is 0 Å². The van der Waals surface area contributed by atoms with Crippen LogP contribution in [0.1, 0.15) is 6.92 Å². The number of ether oxygens (including phenoxy) is 1. The van der Waals surface area contributed by atoms with Crippen LogP contribution in [0, 0.1) is 0 Å². The van der Waals surface area contributed by atoms with Gasteiger partial charge in [0.15, 0.2) is 0 Å². The van der Waals surface area contributed by atoms with Gasteiger partial charge in [-0.2, -0.15) is 4.98 Å². The molecule has 0 amide bonds. The zero-order chi connectivity index (χ0) is 13.9. The molecule has 0 saturated carbocycles. The topological polar surface area (TPSA) is 74.2 Å². The zero-order valence-electron chi connectivity index (χ0n) is 10.9. The van der Waals surface area contributed by atoms with E-state index in [9.17, 15) is 0 Å². The zero-order valence-corrected chi connectivity index (χ0v) is 11.7. The number of thiophene rings is 1. The smallest absolute Gasteiger partial charge is 0.268 e. The SMILES string of the molecule is CCOc1cccc(-c2noc(-c3ccc(N)s3)n2)c1. The predicted molar refractivity (Wildman–Crippen MR) is 78.6 cm³/mol. The highest BCUT2D eigenvalue weighted by molar-refractivity contribution is 7.19. The van der Waals surface area contributed by atoms with Crippen molar-refractivity contribution < 1.29 is 9.26 Å². The van der Waals surface area contributed by atoms with Crippen molar-refractivity contribution in [3.05, 3.63) is 36.4 Å². The minimum Gasteiger partial charge on any atom is -0.494 e. The second kappa shape index (κ2) is 5.34. The minimum atomic E-state index is 0.475. The number of benzene rings is 1. The molecule has 6 heteroatoms. The highest BCUT2D eigenvalue weighted by Crippen LogP contribution is 2.30. The predicted octanol–water partition coefficient (Wildman–Crippen LogP) is 3.45. The molecule has 3 rings (SSSR count). The van der Waals surface area contributed by atoms with Gasteiger partial charge in [0.2, 0.25) is 5.82 Å². The fraction of sp³-hybridized carbons (Fsp3) is 0.143. The summed E-state index contributed by atoms with van der Waals surface area (Å²) in [5, 5.41) is 4.72. The Morgan fingerprint density at radius 2 is 2.20 bits per heavy atom. The maximum absolute atomic E-state index is 5.70. The molecule has 0 saturated heterocycles. The molecule has 0 aliphatic heterocycles. The van der Waals surface area contributed by atoms with Crippen molar-refractivity contribution in [1.82, 2.24) is 10.1 Å². The van der Waals surface area contributed by atoms with Gasteiger partial charge < -0.3 is 15.0 Å². The Hall–Kier alpha value is -2.34. The van der Waals surface area contributed by atoms with Crippen molar-refractivity contribution in [1.29, 1.82) is 0 Å². The summed E-state index contributed by atoms with van der Waals surface area (Å²) in [4.78, 5) is 5.25. The molecule has 0 aliphatic rings. The number of hydrogen-bond acceptors (Lipinski definition) is 6. The summed E-state index contributed by atoms with van der Waals surface area (Å²) in [6.45, 7) is 2.57. The second-order valence-corrected chi connectivity index (χ2v) is 5.20. The van der Waals surface area contributed by atoms with Crippen molar-refractivity contribution in [2.75, 3.05) is 12.3 Å². The lowest BCUT2D eigenvalue weighted by molar-refractivity contribution is 0.340. The summed E-state index contributed by atoms with van der Waals surface area (Å²) in [5.41, 5.74) is 6.56. The van der Waals surface area contributed by atoms with Gasteiger partial charge in [0.05, 0.1) is 16.5 Å². The molecule has 0 spiro atoms. The molecule has 0 unspecified atom stereocenters. The summed E-state index contributed by atoms with van der Waals surface area (Å²) in [7, 11) is 0. The molecule has 0 fully saturated rings. The Labute approximate surface area is 120 Å². The summed E-state index contributed by atoms with van der Waals surface area (Å²) in [6, 6.07) is 11.3. The molecule has 2 N–H and O–H groups in total. The summed E-state index contributed by atoms with van der Waals surface area (Å²) >= 11 is 1.42. The van der Waals surface area contributed by atoms with Gasteiger partial charge >= 0.3 is 0 Å². The van der Waals surface area contributed by atoms with E-state index in [0.29, 0.717) is 18.3 Å². The largest absolute Gasteiger partial charge is 0.494 e. The van der Waals surface area contributed by atoms with Gasteiger partial charge in [-0.25, -0.2) is 0 Å². The third-order valence-corrected chi connectivity index (χ3v) is 3.57. The Kier molecular flexibility index (Phi) is 3.39. The number of nitrogens with two attached hydrogens (primary N) is 1. The maximum Gasteiger partial charge on any atom is 0.268 e. The number of hydrogen-bond donors (Lipinski definition) is 1. The van der Waals surface area contributed by atoms with Crippen LogP contribution >= 0.6 is 11.3 Å². The van der Waals surface area contributed by atoms with Crippen LogP contribution in [0.15, 0.2) is 40.9 Å². The number of nitrogens with zero attached hydrogens (tertiary/aromatic N) is 2. The average Bonchev–Trinajstić information content (AvgIpc) is 3.08. The van der Waals surface area contributed by atoms with Gasteiger partial charge in [0, 0.05) is 5.56 Å². The van der Waals surface area contributed by atoms with E-state index >= 15 is 0 Å². The van der Waals surface area contributed by atoms with E-state index in [0.717, 1.165) is 21.2 Å². The Morgan fingerprint density at radius 3 is 2.95 bits per heavy atom. The van der Waals surface area contributed by atoms with Crippen molar-refractivity contribution in [3.8, 4) is 27.9 Å². The average molecular weight is 287 g/mol. The first kappa shape index (κ1) is 12.7. The summed E-state index contributed by atoms with van der Waals surface area (Å²) < 4.78 is 10.7. The van der Waals surface area contributed by atoms with Gasteiger partial charge in [0.1, 0.15) is 5.75 Å². The standard InChI is InChI=1S/C14H13N3O2S/c1-2-18-10-5-3-4-9(8-10)13-16-14(19-17-13)11-6-7-12(15)20-11/h3-8H,2,15H2,1H3. The van der Waals surface area contributed by atoms with Gasteiger partial charge in [-0.15, -0.1) is 11.3 Å². The van der Waals surface area contributed by atoms with Crippen molar-refractivity contribution in [2.45, 2.75) is 6.92 Å². The summed E-state index contributed by atoms with van der Waals surface area (Å²) in [5.74, 6) is 1.80. The van der Waals surface area contributed by atoms with E-state index in [-0.39, 0.29) is 0 Å². The van der Waals surface area contributed by atoms with Crippen LogP contribution in [0.3, 0.4) is 0 Å². The van der Waals surface area contributed by atoms with Crippen LogP contribution in [0.25, 0.3) is 22.2 Å². The Balaban J connectivity index is 1.91. The van der Waals surface area contributed by atoms with Crippen LogP contribution in [0.5, 0.6) is 5.75 Å². The van der Waals surface area contributed by atoms with Crippen LogP contribution in [0.4, 0.5) is 5.00 Å². The van der Waals surface area contributed by atoms with Crippen molar-refractivity contribution >= 4 is 16.3 Å². The van der Waals surface area contributed by atoms with Crippen LogP contribution in [-0.4, -0.2) is 16.7 Å². The quantitative estimate of drug-likeness (QED) is 0.795. The summed E-state index contributed by atoms with van der Waals surface area (Å²) in [6.07, 6.45) is 0. The number of rotatable bonds is 4. The van der Waals surface area contributed by atoms with E-state index in [2.05, 4.69) is 10.1 Å². The van der Waals surface area contributed by atoms with E-state index < -0.39 is 0 Å². The van der Waals surface area contributed by atoms with Gasteiger partial charge in [-0.05, 0) is 31.2 Å². The minimum absolute atomic E-state index is 0.475. The molecule has 0 aliphatic carbocycles. The molecule has 2 heterocycles. The molecule has 2 aromatic heterocycles.